The van der Waals surface area contributed by atoms with E-state index >= 15 is 0 Å². The quantitative estimate of drug-likeness (QED) is 0.640. The fourth-order valence-corrected chi connectivity index (χ4v) is 1.55. The fraction of sp³-hybridized carbons (Fsp3) is 0.545. The average Bonchev–Trinajstić information content (AvgIpc) is 2.51. The summed E-state index contributed by atoms with van der Waals surface area (Å²) in [5.74, 6) is -1.28. The molecule has 0 aromatic rings. The number of hydrogen-bond donors (Lipinski definition) is 2. The molecular formula is C11H17N3O3. The molecule has 1 aliphatic rings. The third kappa shape index (κ3) is 2.64. The smallest absolute Gasteiger partial charge is 0.277 e. The van der Waals surface area contributed by atoms with Crippen LogP contribution in [0.5, 0.6) is 0 Å². The van der Waals surface area contributed by atoms with Gasteiger partial charge in [0, 0.05) is 19.2 Å². The summed E-state index contributed by atoms with van der Waals surface area (Å²) in [6.07, 6.45) is 1.20. The van der Waals surface area contributed by atoms with Gasteiger partial charge in [0.1, 0.15) is 11.7 Å². The summed E-state index contributed by atoms with van der Waals surface area (Å²) in [5.41, 5.74) is 0.208. The minimum Gasteiger partial charge on any atom is -0.383 e. The van der Waals surface area contributed by atoms with Crippen LogP contribution in [0.3, 0.4) is 0 Å². The first-order chi connectivity index (χ1) is 7.88. The maximum atomic E-state index is 11.8. The molecular weight excluding hydrogens is 222 g/mol. The first-order valence-corrected chi connectivity index (χ1v) is 5.45. The zero-order valence-corrected chi connectivity index (χ0v) is 10.4. The lowest BCUT2D eigenvalue weighted by Crippen LogP contribution is -2.50. The first kappa shape index (κ1) is 13.2. The standard InChI is InChI=1S/C11H17N3O3/c1-6(2)13-10(16)7(3)14-9(15)5-8(12-4)11(14)17/h5-7,12H,1-4H3,(H,13,16). The molecule has 0 fully saturated rings. The molecule has 0 saturated heterocycles. The molecule has 1 unspecified atom stereocenters. The predicted molar refractivity (Wildman–Crippen MR) is 61.7 cm³/mol. The highest BCUT2D eigenvalue weighted by molar-refractivity contribution is 6.17. The first-order valence-electron chi connectivity index (χ1n) is 5.45. The Labute approximate surface area is 100 Å². The molecule has 0 radical (unpaired) electrons. The Kier molecular flexibility index (Phi) is 3.88. The van der Waals surface area contributed by atoms with Gasteiger partial charge in [0.2, 0.25) is 5.91 Å². The van der Waals surface area contributed by atoms with Gasteiger partial charge in [-0.1, -0.05) is 0 Å². The van der Waals surface area contributed by atoms with Crippen LogP contribution in [-0.4, -0.2) is 41.8 Å². The Morgan fingerprint density at radius 1 is 1.29 bits per heavy atom. The highest BCUT2D eigenvalue weighted by Crippen LogP contribution is 2.13. The summed E-state index contributed by atoms with van der Waals surface area (Å²) >= 11 is 0. The normalized spacial score (nSPS) is 17.2. The molecule has 0 aromatic heterocycles. The van der Waals surface area contributed by atoms with Crippen molar-refractivity contribution in [3.63, 3.8) is 0 Å². The minimum atomic E-state index is -0.806. The number of carbonyl (C=O) groups is 3. The number of rotatable bonds is 4. The van der Waals surface area contributed by atoms with Crippen LogP contribution in [-0.2, 0) is 14.4 Å². The number of carbonyl (C=O) groups excluding carboxylic acids is 3. The molecule has 94 valence electrons. The van der Waals surface area contributed by atoms with Crippen LogP contribution in [0.25, 0.3) is 0 Å². The molecule has 17 heavy (non-hydrogen) atoms. The third-order valence-electron chi connectivity index (χ3n) is 2.42. The highest BCUT2D eigenvalue weighted by Gasteiger charge is 2.37. The summed E-state index contributed by atoms with van der Waals surface area (Å²) in [6, 6.07) is -0.839. The van der Waals surface area contributed by atoms with E-state index in [0.29, 0.717) is 0 Å². The van der Waals surface area contributed by atoms with E-state index in [4.69, 9.17) is 0 Å². The fourth-order valence-electron chi connectivity index (χ4n) is 1.55. The van der Waals surface area contributed by atoms with Crippen LogP contribution in [0, 0.1) is 0 Å². The largest absolute Gasteiger partial charge is 0.383 e. The van der Waals surface area contributed by atoms with Crippen molar-refractivity contribution in [2.75, 3.05) is 7.05 Å². The van der Waals surface area contributed by atoms with E-state index in [0.717, 1.165) is 4.90 Å². The zero-order valence-electron chi connectivity index (χ0n) is 10.4. The molecule has 0 aromatic carbocycles. The van der Waals surface area contributed by atoms with Crippen LogP contribution in [0.1, 0.15) is 20.8 Å². The number of imide groups is 1. The van der Waals surface area contributed by atoms with Gasteiger partial charge in [0.25, 0.3) is 11.8 Å². The summed E-state index contributed by atoms with van der Waals surface area (Å²) in [7, 11) is 1.55. The van der Waals surface area contributed by atoms with Gasteiger partial charge in [-0.15, -0.1) is 0 Å². The summed E-state index contributed by atoms with van der Waals surface area (Å²) in [6.45, 7) is 5.16. The molecule has 0 spiro atoms. The average molecular weight is 239 g/mol. The number of nitrogens with zero attached hydrogens (tertiary/aromatic N) is 1. The molecule has 3 amide bonds. The van der Waals surface area contributed by atoms with Crippen LogP contribution in [0.15, 0.2) is 11.8 Å². The second kappa shape index (κ2) is 4.99. The Morgan fingerprint density at radius 3 is 2.29 bits per heavy atom. The van der Waals surface area contributed by atoms with Gasteiger partial charge in [-0.25, -0.2) is 0 Å². The monoisotopic (exact) mass is 239 g/mol. The Morgan fingerprint density at radius 2 is 1.88 bits per heavy atom. The Hall–Kier alpha value is -1.85. The minimum absolute atomic E-state index is 0.0329. The summed E-state index contributed by atoms with van der Waals surface area (Å²) in [4.78, 5) is 36.0. The van der Waals surface area contributed by atoms with Crippen molar-refractivity contribution < 1.29 is 14.4 Å². The van der Waals surface area contributed by atoms with Gasteiger partial charge in [-0.2, -0.15) is 0 Å². The molecule has 1 atom stereocenters. The molecule has 0 saturated carbocycles. The molecule has 1 heterocycles. The van der Waals surface area contributed by atoms with E-state index < -0.39 is 17.9 Å². The van der Waals surface area contributed by atoms with E-state index in [2.05, 4.69) is 10.6 Å². The van der Waals surface area contributed by atoms with Crippen LogP contribution >= 0.6 is 0 Å². The van der Waals surface area contributed by atoms with Crippen molar-refractivity contribution >= 4 is 17.7 Å². The van der Waals surface area contributed by atoms with Gasteiger partial charge in [0.15, 0.2) is 0 Å². The number of likely N-dealkylation sites (N-methyl/N-ethyl adjacent to an activating group) is 1. The van der Waals surface area contributed by atoms with E-state index in [1.54, 1.807) is 7.05 Å². The molecule has 6 nitrogen and oxygen atoms in total. The second-order valence-electron chi connectivity index (χ2n) is 4.16. The highest BCUT2D eigenvalue weighted by atomic mass is 16.2. The predicted octanol–water partition coefficient (Wildman–Crippen LogP) is -0.628. The SMILES string of the molecule is CNC1=CC(=O)N(C(C)C(=O)NC(C)C)C1=O. The van der Waals surface area contributed by atoms with E-state index in [-0.39, 0.29) is 17.6 Å². The zero-order chi connectivity index (χ0) is 13.2. The topological polar surface area (TPSA) is 78.5 Å². The Balaban J connectivity index is 2.79. The van der Waals surface area contributed by atoms with Gasteiger partial charge < -0.3 is 10.6 Å². The maximum Gasteiger partial charge on any atom is 0.277 e. The van der Waals surface area contributed by atoms with Crippen molar-refractivity contribution in [2.24, 2.45) is 0 Å². The van der Waals surface area contributed by atoms with Crippen LogP contribution in [0.4, 0.5) is 0 Å². The van der Waals surface area contributed by atoms with Gasteiger partial charge >= 0.3 is 0 Å². The lowest BCUT2D eigenvalue weighted by atomic mass is 10.2. The van der Waals surface area contributed by atoms with Gasteiger partial charge in [-0.3, -0.25) is 19.3 Å². The molecule has 0 bridgehead atoms. The van der Waals surface area contributed by atoms with E-state index in [1.165, 1.54) is 13.0 Å². The lowest BCUT2D eigenvalue weighted by molar-refractivity contribution is -0.145. The van der Waals surface area contributed by atoms with E-state index in [1.807, 2.05) is 13.8 Å². The van der Waals surface area contributed by atoms with Crippen molar-refractivity contribution in [3.8, 4) is 0 Å². The Bertz CT molecular complexity index is 387. The maximum absolute atomic E-state index is 11.8. The van der Waals surface area contributed by atoms with Crippen molar-refractivity contribution in [2.45, 2.75) is 32.9 Å². The van der Waals surface area contributed by atoms with Gasteiger partial charge in [-0.05, 0) is 20.8 Å². The number of nitrogens with one attached hydrogen (secondary N) is 2. The molecule has 1 rings (SSSR count). The van der Waals surface area contributed by atoms with E-state index in [9.17, 15) is 14.4 Å². The number of hydrogen-bond acceptors (Lipinski definition) is 4. The van der Waals surface area contributed by atoms with Crippen LogP contribution < -0.4 is 10.6 Å². The molecule has 1 aliphatic heterocycles. The second-order valence-corrected chi connectivity index (χ2v) is 4.16. The molecule has 0 aliphatic carbocycles. The summed E-state index contributed by atoms with van der Waals surface area (Å²) < 4.78 is 0. The third-order valence-corrected chi connectivity index (χ3v) is 2.42. The van der Waals surface area contributed by atoms with Crippen molar-refractivity contribution in [3.05, 3.63) is 11.8 Å². The lowest BCUT2D eigenvalue weighted by Gasteiger charge is -2.23. The molecule has 6 heteroatoms. The van der Waals surface area contributed by atoms with Crippen LogP contribution in [0.2, 0.25) is 0 Å². The number of amides is 3. The van der Waals surface area contributed by atoms with Crippen molar-refractivity contribution in [1.29, 1.82) is 0 Å². The molecule has 2 N–H and O–H groups in total. The van der Waals surface area contributed by atoms with Crippen molar-refractivity contribution in [1.82, 2.24) is 15.5 Å². The van der Waals surface area contributed by atoms with Gasteiger partial charge in [0.05, 0.1) is 0 Å². The summed E-state index contributed by atoms with van der Waals surface area (Å²) in [5, 5.41) is 5.29.